The molecule has 0 rings (SSSR count). The number of aliphatic hydroxyl groups is 2. The number of rotatable bonds is 54. The number of nitrogens with one attached hydrogen (secondary N) is 1. The number of carbonyl (C=O) groups is 1. The van der Waals surface area contributed by atoms with E-state index in [1.165, 1.54) is 257 Å². The Morgan fingerprint density at radius 1 is 0.369 bits per heavy atom. The first-order chi connectivity index (χ1) is 32.2. The molecule has 1 amide bonds. The van der Waals surface area contributed by atoms with E-state index in [2.05, 4.69) is 55.6 Å². The molecule has 2 atom stereocenters. The summed E-state index contributed by atoms with van der Waals surface area (Å²) >= 11 is 0. The lowest BCUT2D eigenvalue weighted by Crippen LogP contribution is -2.45. The van der Waals surface area contributed by atoms with Crippen molar-refractivity contribution in [1.82, 2.24) is 5.32 Å². The van der Waals surface area contributed by atoms with E-state index in [0.717, 1.165) is 38.5 Å². The van der Waals surface area contributed by atoms with Crippen molar-refractivity contribution in [2.75, 3.05) is 6.61 Å². The monoisotopic (exact) mass is 910 g/mol. The van der Waals surface area contributed by atoms with Crippen molar-refractivity contribution in [3.63, 3.8) is 0 Å². The van der Waals surface area contributed by atoms with Crippen molar-refractivity contribution in [3.8, 4) is 0 Å². The molecule has 4 heteroatoms. The topological polar surface area (TPSA) is 69.6 Å². The van der Waals surface area contributed by atoms with Gasteiger partial charge in [0.05, 0.1) is 18.8 Å². The minimum atomic E-state index is -0.844. The van der Waals surface area contributed by atoms with Gasteiger partial charge < -0.3 is 15.5 Å². The van der Waals surface area contributed by atoms with Gasteiger partial charge in [0.2, 0.25) is 5.91 Å². The Labute approximate surface area is 407 Å². The molecule has 0 spiro atoms. The second-order valence-electron chi connectivity index (χ2n) is 20.1. The number of hydrogen-bond donors (Lipinski definition) is 3. The number of aliphatic hydroxyl groups excluding tert-OH is 2. The first-order valence-corrected chi connectivity index (χ1v) is 29.4. The summed E-state index contributed by atoms with van der Waals surface area (Å²) < 4.78 is 0. The van der Waals surface area contributed by atoms with Crippen LogP contribution in [0.25, 0.3) is 0 Å². The third kappa shape index (κ3) is 53.2. The molecule has 382 valence electrons. The summed E-state index contributed by atoms with van der Waals surface area (Å²) in [5.41, 5.74) is 0. The van der Waals surface area contributed by atoms with Gasteiger partial charge in [0.1, 0.15) is 0 Å². The first-order valence-electron chi connectivity index (χ1n) is 29.4. The normalized spacial score (nSPS) is 13.1. The molecule has 0 aromatic carbocycles. The van der Waals surface area contributed by atoms with Crippen LogP contribution >= 0.6 is 0 Å². The molecule has 0 aromatic rings. The first kappa shape index (κ1) is 63.4. The molecule has 0 aromatic heterocycles. The van der Waals surface area contributed by atoms with Gasteiger partial charge in [-0.2, -0.15) is 0 Å². The Bertz CT molecular complexity index is 1030. The fourth-order valence-corrected chi connectivity index (χ4v) is 9.07. The Kier molecular flexibility index (Phi) is 55.2. The fourth-order valence-electron chi connectivity index (χ4n) is 9.07. The van der Waals surface area contributed by atoms with E-state index in [9.17, 15) is 15.0 Å². The lowest BCUT2D eigenvalue weighted by atomic mass is 10.0. The molecular formula is C61H115NO3. The van der Waals surface area contributed by atoms with Gasteiger partial charge in [-0.1, -0.05) is 300 Å². The summed E-state index contributed by atoms with van der Waals surface area (Å²) in [6, 6.07) is -0.627. The van der Waals surface area contributed by atoms with E-state index in [0.29, 0.717) is 6.42 Å². The van der Waals surface area contributed by atoms with Gasteiger partial charge in [0.15, 0.2) is 0 Å². The molecule has 0 saturated heterocycles. The summed E-state index contributed by atoms with van der Waals surface area (Å²) in [6.07, 6.45) is 78.5. The van der Waals surface area contributed by atoms with Crippen LogP contribution in [0.5, 0.6) is 0 Å². The second kappa shape index (κ2) is 56.7. The predicted octanol–water partition coefficient (Wildman–Crippen LogP) is 19.4. The molecule has 2 unspecified atom stereocenters. The summed E-state index contributed by atoms with van der Waals surface area (Å²) in [4.78, 5) is 12.5. The highest BCUT2D eigenvalue weighted by Crippen LogP contribution is 2.17. The van der Waals surface area contributed by atoms with Crippen LogP contribution in [0.3, 0.4) is 0 Å². The molecule has 0 radical (unpaired) electrons. The van der Waals surface area contributed by atoms with Crippen LogP contribution in [0.1, 0.15) is 316 Å². The maximum Gasteiger partial charge on any atom is 0.220 e. The van der Waals surface area contributed by atoms with Crippen LogP contribution in [0, 0.1) is 0 Å². The number of carbonyl (C=O) groups excluding carboxylic acids is 1. The van der Waals surface area contributed by atoms with Crippen LogP contribution in [-0.2, 0) is 4.79 Å². The van der Waals surface area contributed by atoms with Gasteiger partial charge >= 0.3 is 0 Å². The summed E-state index contributed by atoms with van der Waals surface area (Å²) in [5, 5.41) is 23.2. The van der Waals surface area contributed by atoms with Gasteiger partial charge in [0.25, 0.3) is 0 Å². The third-order valence-electron chi connectivity index (χ3n) is 13.6. The van der Waals surface area contributed by atoms with E-state index in [1.54, 1.807) is 6.08 Å². The molecule has 0 aliphatic carbocycles. The van der Waals surface area contributed by atoms with Crippen molar-refractivity contribution >= 4 is 5.91 Å². The molecule has 65 heavy (non-hydrogen) atoms. The van der Waals surface area contributed by atoms with Gasteiger partial charge in [-0.05, 0) is 57.8 Å². The number of allylic oxidation sites excluding steroid dienone is 7. The predicted molar refractivity (Wildman–Crippen MR) is 290 cm³/mol. The maximum absolute atomic E-state index is 12.5. The van der Waals surface area contributed by atoms with Crippen LogP contribution in [0.15, 0.2) is 48.6 Å². The summed E-state index contributed by atoms with van der Waals surface area (Å²) in [5.74, 6) is -0.0651. The molecule has 0 aliphatic rings. The smallest absolute Gasteiger partial charge is 0.220 e. The van der Waals surface area contributed by atoms with E-state index < -0.39 is 12.1 Å². The van der Waals surface area contributed by atoms with Gasteiger partial charge in [0, 0.05) is 6.42 Å². The van der Waals surface area contributed by atoms with E-state index in [-0.39, 0.29) is 12.5 Å². The summed E-state index contributed by atoms with van der Waals surface area (Å²) in [6.45, 7) is 4.33. The zero-order chi connectivity index (χ0) is 47.0. The molecule has 0 bridgehead atoms. The second-order valence-corrected chi connectivity index (χ2v) is 20.1. The van der Waals surface area contributed by atoms with Crippen molar-refractivity contribution in [3.05, 3.63) is 48.6 Å². The van der Waals surface area contributed by atoms with E-state index in [4.69, 9.17) is 0 Å². The Hall–Kier alpha value is -1.65. The molecular weight excluding hydrogens is 795 g/mol. The average molecular weight is 911 g/mol. The Morgan fingerprint density at radius 2 is 0.631 bits per heavy atom. The molecule has 4 nitrogen and oxygen atoms in total. The minimum absolute atomic E-state index is 0.0651. The highest BCUT2D eigenvalue weighted by atomic mass is 16.3. The number of amides is 1. The van der Waals surface area contributed by atoms with Crippen LogP contribution < -0.4 is 5.32 Å². The quantitative estimate of drug-likeness (QED) is 0.0421. The lowest BCUT2D eigenvalue weighted by molar-refractivity contribution is -0.123. The van der Waals surface area contributed by atoms with Crippen molar-refractivity contribution < 1.29 is 15.0 Å². The van der Waals surface area contributed by atoms with Crippen molar-refractivity contribution in [2.45, 2.75) is 328 Å². The Morgan fingerprint density at radius 3 is 0.938 bits per heavy atom. The largest absolute Gasteiger partial charge is 0.394 e. The fraction of sp³-hybridized carbons (Fsp3) is 0.852. The molecule has 0 fully saturated rings. The van der Waals surface area contributed by atoms with Gasteiger partial charge in [-0.3, -0.25) is 4.79 Å². The van der Waals surface area contributed by atoms with Gasteiger partial charge in [-0.25, -0.2) is 0 Å². The van der Waals surface area contributed by atoms with Gasteiger partial charge in [-0.15, -0.1) is 0 Å². The maximum atomic E-state index is 12.5. The Balaban J connectivity index is 3.50. The minimum Gasteiger partial charge on any atom is -0.394 e. The van der Waals surface area contributed by atoms with Crippen LogP contribution in [0.2, 0.25) is 0 Å². The third-order valence-corrected chi connectivity index (χ3v) is 13.6. The highest BCUT2D eigenvalue weighted by molar-refractivity contribution is 5.76. The van der Waals surface area contributed by atoms with Crippen molar-refractivity contribution in [1.29, 1.82) is 0 Å². The number of hydrogen-bond acceptors (Lipinski definition) is 3. The molecule has 0 heterocycles. The number of unbranched alkanes of at least 4 members (excludes halogenated alkanes) is 41. The van der Waals surface area contributed by atoms with E-state index >= 15 is 0 Å². The molecule has 0 aliphatic heterocycles. The van der Waals surface area contributed by atoms with Crippen LogP contribution in [0.4, 0.5) is 0 Å². The molecule has 3 N–H and O–H groups in total. The SMILES string of the molecule is CCCCCCC/C=C\C/C=C\C/C=C\CCCCCCCCCCCCC(=O)NC(CO)C(O)/C=C/CCCCCCCCCCCCCCCCCCCCCCCCCCCC. The highest BCUT2D eigenvalue weighted by Gasteiger charge is 2.18. The average Bonchev–Trinajstić information content (AvgIpc) is 3.31. The molecule has 0 saturated carbocycles. The van der Waals surface area contributed by atoms with E-state index in [1.807, 2.05) is 6.08 Å². The lowest BCUT2D eigenvalue weighted by Gasteiger charge is -2.20. The zero-order valence-electron chi connectivity index (χ0n) is 44.0. The standard InChI is InChI=1S/C61H115NO3/c1-3-5-7-9-11-13-15-17-19-21-23-25-27-29-30-31-33-34-36-38-40-42-44-46-48-50-52-54-56-60(64)59(58-63)62-61(65)57-55-53-51-49-47-45-43-41-39-37-35-32-28-26-24-22-20-18-16-14-12-10-8-6-4-2/h16,18,22,24,28,32,54,56,59-60,63-64H,3-15,17,19-21,23,25-27,29-31,33-53,55,57-58H2,1-2H3,(H,62,65)/b18-16-,24-22-,32-28-,56-54+. The van der Waals surface area contributed by atoms with Crippen molar-refractivity contribution in [2.24, 2.45) is 0 Å². The van der Waals surface area contributed by atoms with Crippen LogP contribution in [-0.4, -0.2) is 34.9 Å². The summed E-state index contributed by atoms with van der Waals surface area (Å²) in [7, 11) is 0. The zero-order valence-corrected chi connectivity index (χ0v) is 44.0.